The van der Waals surface area contributed by atoms with Crippen LogP contribution in [0.3, 0.4) is 0 Å². The number of hydrogen-bond acceptors (Lipinski definition) is 4. The largest absolute Gasteiger partial charge is 0.399 e. The molecule has 8 N–H and O–H groups in total. The highest BCUT2D eigenvalue weighted by Crippen LogP contribution is 2.20. The van der Waals surface area contributed by atoms with E-state index in [9.17, 15) is 0 Å². The van der Waals surface area contributed by atoms with Gasteiger partial charge in [-0.3, -0.25) is 0 Å². The molecule has 0 atom stereocenters. The van der Waals surface area contributed by atoms with E-state index < -0.39 is 0 Å². The number of halogens is 2. The third kappa shape index (κ3) is 9.08. The fraction of sp³-hybridized carbons (Fsp3) is 0.143. The first-order valence-electron chi connectivity index (χ1n) is 8.48. The number of aryl methyl sites for hydroxylation is 1. The number of nitrogen functional groups attached to an aromatic ring is 4. The lowest BCUT2D eigenvalue weighted by Crippen LogP contribution is -1.88. The van der Waals surface area contributed by atoms with Crippen molar-refractivity contribution in [1.82, 2.24) is 0 Å². The van der Waals surface area contributed by atoms with Crippen LogP contribution in [0.5, 0.6) is 0 Å². The van der Waals surface area contributed by atoms with Gasteiger partial charge in [-0.2, -0.15) is 0 Å². The van der Waals surface area contributed by atoms with Crippen LogP contribution in [0.25, 0.3) is 0 Å². The Labute approximate surface area is 171 Å². The molecule has 6 heteroatoms. The van der Waals surface area contributed by atoms with Crippen molar-refractivity contribution >= 4 is 46.0 Å². The first-order chi connectivity index (χ1) is 12.8. The van der Waals surface area contributed by atoms with Crippen LogP contribution < -0.4 is 22.9 Å². The van der Waals surface area contributed by atoms with Crippen molar-refractivity contribution in [2.45, 2.75) is 19.8 Å². The summed E-state index contributed by atoms with van der Waals surface area (Å²) >= 11 is 11.2. The van der Waals surface area contributed by atoms with Gasteiger partial charge in [0.25, 0.3) is 0 Å². The van der Waals surface area contributed by atoms with Crippen LogP contribution in [0.2, 0.25) is 10.0 Å². The lowest BCUT2D eigenvalue weighted by atomic mass is 10.1. The van der Waals surface area contributed by atoms with E-state index in [1.54, 1.807) is 36.4 Å². The molecule has 144 valence electrons. The Morgan fingerprint density at radius 1 is 0.667 bits per heavy atom. The molecule has 0 saturated heterocycles. The summed E-state index contributed by atoms with van der Waals surface area (Å²) in [4.78, 5) is 0. The molecule has 3 aromatic carbocycles. The van der Waals surface area contributed by atoms with Crippen LogP contribution >= 0.6 is 23.2 Å². The quantitative estimate of drug-likeness (QED) is 0.414. The standard InChI is InChI=1S/C9H12.2C6H7ClN2/c1-2-6-9-7-4-3-5-8-9;2*7-5-3-4(8)1-2-6(5)9/h3-5,7-8H,2,6H2,1H3;2*1-3H,8-9H2. The fourth-order valence-electron chi connectivity index (χ4n) is 2.02. The molecule has 0 unspecified atom stereocenters. The maximum Gasteiger partial charge on any atom is 0.0655 e. The third-order valence-electron chi connectivity index (χ3n) is 3.43. The second-order valence-electron chi connectivity index (χ2n) is 5.80. The van der Waals surface area contributed by atoms with Gasteiger partial charge in [0.05, 0.1) is 21.4 Å². The minimum atomic E-state index is 0.509. The third-order valence-corrected chi connectivity index (χ3v) is 4.09. The SMILES string of the molecule is CCCc1ccccc1.Nc1ccc(N)c(Cl)c1.Nc1ccc(N)c(Cl)c1. The highest BCUT2D eigenvalue weighted by Gasteiger charge is 1.93. The van der Waals surface area contributed by atoms with Crippen molar-refractivity contribution in [2.24, 2.45) is 0 Å². The van der Waals surface area contributed by atoms with Crippen LogP contribution in [-0.4, -0.2) is 0 Å². The Morgan fingerprint density at radius 2 is 1.11 bits per heavy atom. The topological polar surface area (TPSA) is 104 Å². The summed E-state index contributed by atoms with van der Waals surface area (Å²) < 4.78 is 0. The van der Waals surface area contributed by atoms with Crippen molar-refractivity contribution in [1.29, 1.82) is 0 Å². The van der Waals surface area contributed by atoms with E-state index in [1.807, 2.05) is 0 Å². The maximum absolute atomic E-state index is 5.61. The van der Waals surface area contributed by atoms with Crippen LogP contribution in [0, 0.1) is 0 Å². The minimum Gasteiger partial charge on any atom is -0.399 e. The Bertz CT molecular complexity index is 774. The first kappa shape index (κ1) is 22.5. The molecule has 0 spiro atoms. The first-order valence-corrected chi connectivity index (χ1v) is 9.24. The van der Waals surface area contributed by atoms with Gasteiger partial charge in [-0.15, -0.1) is 0 Å². The van der Waals surface area contributed by atoms with E-state index in [4.69, 9.17) is 46.1 Å². The Kier molecular flexibility index (Phi) is 9.94. The van der Waals surface area contributed by atoms with Gasteiger partial charge in [0.1, 0.15) is 0 Å². The van der Waals surface area contributed by atoms with Gasteiger partial charge in [0.2, 0.25) is 0 Å². The summed E-state index contributed by atoms with van der Waals surface area (Å²) in [7, 11) is 0. The van der Waals surface area contributed by atoms with Crippen molar-refractivity contribution in [3.05, 3.63) is 82.3 Å². The molecule has 3 rings (SSSR count). The Morgan fingerprint density at radius 3 is 1.44 bits per heavy atom. The molecule has 0 aromatic heterocycles. The summed E-state index contributed by atoms with van der Waals surface area (Å²) in [5.41, 5.74) is 25.4. The average molecular weight is 405 g/mol. The van der Waals surface area contributed by atoms with Crippen molar-refractivity contribution in [3.8, 4) is 0 Å². The smallest absolute Gasteiger partial charge is 0.0655 e. The fourth-order valence-corrected chi connectivity index (χ4v) is 2.40. The van der Waals surface area contributed by atoms with E-state index in [-0.39, 0.29) is 0 Å². The monoisotopic (exact) mass is 404 g/mol. The number of nitrogens with two attached hydrogens (primary N) is 4. The maximum atomic E-state index is 5.61. The summed E-state index contributed by atoms with van der Waals surface area (Å²) in [5.74, 6) is 0. The Hall–Kier alpha value is -2.56. The van der Waals surface area contributed by atoms with Gasteiger partial charge in [-0.05, 0) is 48.4 Å². The lowest BCUT2D eigenvalue weighted by molar-refractivity contribution is 0.922. The van der Waals surface area contributed by atoms with Crippen molar-refractivity contribution in [2.75, 3.05) is 22.9 Å². The number of anilines is 4. The normalized spacial score (nSPS) is 9.44. The highest BCUT2D eigenvalue weighted by atomic mass is 35.5. The summed E-state index contributed by atoms with van der Waals surface area (Å²) in [6.07, 6.45) is 2.45. The van der Waals surface area contributed by atoms with Gasteiger partial charge in [-0.25, -0.2) is 0 Å². The zero-order valence-electron chi connectivity index (χ0n) is 15.3. The predicted molar refractivity (Wildman–Crippen MR) is 121 cm³/mol. The second kappa shape index (κ2) is 11.9. The van der Waals surface area contributed by atoms with Gasteiger partial charge >= 0.3 is 0 Å². The van der Waals surface area contributed by atoms with Crippen molar-refractivity contribution in [3.63, 3.8) is 0 Å². The Balaban J connectivity index is 0.000000202. The molecule has 0 radical (unpaired) electrons. The molecule has 0 aliphatic carbocycles. The van der Waals surface area contributed by atoms with Crippen LogP contribution in [0.1, 0.15) is 18.9 Å². The molecule has 4 nitrogen and oxygen atoms in total. The zero-order valence-corrected chi connectivity index (χ0v) is 16.8. The molecule has 0 aliphatic heterocycles. The molecular formula is C21H26Cl2N4. The average Bonchev–Trinajstić information content (AvgIpc) is 2.64. The second-order valence-corrected chi connectivity index (χ2v) is 6.61. The van der Waals surface area contributed by atoms with Gasteiger partial charge in [-0.1, -0.05) is 66.9 Å². The van der Waals surface area contributed by atoms with Gasteiger partial charge < -0.3 is 22.9 Å². The van der Waals surface area contributed by atoms with Gasteiger partial charge in [0, 0.05) is 11.4 Å². The van der Waals surface area contributed by atoms with E-state index in [0.717, 1.165) is 0 Å². The number of hydrogen-bond donors (Lipinski definition) is 4. The summed E-state index contributed by atoms with van der Waals surface area (Å²) in [6, 6.07) is 20.6. The van der Waals surface area contributed by atoms with Crippen molar-refractivity contribution < 1.29 is 0 Å². The van der Waals surface area contributed by atoms with E-state index >= 15 is 0 Å². The summed E-state index contributed by atoms with van der Waals surface area (Å²) in [5, 5.41) is 1.02. The molecule has 27 heavy (non-hydrogen) atoms. The molecule has 0 saturated carbocycles. The highest BCUT2D eigenvalue weighted by molar-refractivity contribution is 6.33. The van der Waals surface area contributed by atoms with E-state index in [2.05, 4.69) is 37.3 Å². The van der Waals surface area contributed by atoms with E-state index in [1.165, 1.54) is 18.4 Å². The van der Waals surface area contributed by atoms with Gasteiger partial charge in [0.15, 0.2) is 0 Å². The molecular weight excluding hydrogens is 379 g/mol. The number of rotatable bonds is 2. The summed E-state index contributed by atoms with van der Waals surface area (Å²) in [6.45, 7) is 2.20. The molecule has 0 bridgehead atoms. The minimum absolute atomic E-state index is 0.509. The zero-order chi connectivity index (χ0) is 20.2. The molecule has 0 heterocycles. The molecule has 0 aliphatic rings. The molecule has 0 amide bonds. The van der Waals surface area contributed by atoms with Crippen LogP contribution in [0.15, 0.2) is 66.7 Å². The predicted octanol–water partition coefficient (Wildman–Crippen LogP) is 5.65. The van der Waals surface area contributed by atoms with Crippen LogP contribution in [-0.2, 0) is 6.42 Å². The lowest BCUT2D eigenvalue weighted by Gasteiger charge is -1.96. The van der Waals surface area contributed by atoms with Crippen LogP contribution in [0.4, 0.5) is 22.7 Å². The number of benzene rings is 3. The molecule has 0 fully saturated rings. The molecule has 3 aromatic rings. The van der Waals surface area contributed by atoms with E-state index in [0.29, 0.717) is 32.8 Å².